The van der Waals surface area contributed by atoms with Crippen molar-refractivity contribution in [3.05, 3.63) is 113 Å². The number of rotatable bonds is 4. The maximum atomic E-state index is 2.36. The fourth-order valence-corrected chi connectivity index (χ4v) is 4.16. The molecular weight excluding hydrogens is 362 g/mol. The Morgan fingerprint density at radius 2 is 0.733 bits per heavy atom. The van der Waals surface area contributed by atoms with Gasteiger partial charge in [-0.2, -0.15) is 0 Å². The van der Waals surface area contributed by atoms with E-state index in [2.05, 4.69) is 124 Å². The van der Waals surface area contributed by atoms with Gasteiger partial charge in [0.25, 0.3) is 0 Å². The first-order valence-electron chi connectivity index (χ1n) is 10.5. The summed E-state index contributed by atoms with van der Waals surface area (Å²) in [7, 11) is 0. The normalized spacial score (nSPS) is 10.8. The van der Waals surface area contributed by atoms with Crippen molar-refractivity contribution < 1.29 is 0 Å². The van der Waals surface area contributed by atoms with Crippen LogP contribution in [-0.2, 0) is 0 Å². The lowest BCUT2D eigenvalue weighted by Gasteiger charge is -2.27. The van der Waals surface area contributed by atoms with Crippen molar-refractivity contribution >= 4 is 17.1 Å². The van der Waals surface area contributed by atoms with Gasteiger partial charge >= 0.3 is 0 Å². The van der Waals surface area contributed by atoms with E-state index in [1.54, 1.807) is 0 Å². The van der Waals surface area contributed by atoms with Gasteiger partial charge in [-0.3, -0.25) is 0 Å². The largest absolute Gasteiger partial charge is 0.310 e. The fourth-order valence-electron chi connectivity index (χ4n) is 4.16. The van der Waals surface area contributed by atoms with E-state index in [-0.39, 0.29) is 0 Å². The highest BCUT2D eigenvalue weighted by Gasteiger charge is 2.14. The van der Waals surface area contributed by atoms with Gasteiger partial charge in [0.1, 0.15) is 0 Å². The third-order valence-electron chi connectivity index (χ3n) is 5.44. The quantitative estimate of drug-likeness (QED) is 0.338. The van der Waals surface area contributed by atoms with Crippen molar-refractivity contribution in [2.24, 2.45) is 0 Å². The maximum absolute atomic E-state index is 2.36. The Bertz CT molecular complexity index is 1080. The van der Waals surface area contributed by atoms with Gasteiger partial charge in [0.05, 0.1) is 0 Å². The van der Waals surface area contributed by atoms with Gasteiger partial charge in [0.15, 0.2) is 0 Å². The molecule has 0 saturated heterocycles. The first kappa shape index (κ1) is 20.0. The van der Waals surface area contributed by atoms with Gasteiger partial charge in [0.2, 0.25) is 0 Å². The van der Waals surface area contributed by atoms with E-state index >= 15 is 0 Å². The van der Waals surface area contributed by atoms with E-state index in [0.29, 0.717) is 0 Å². The molecular formula is C29H29N. The zero-order chi connectivity index (χ0) is 21.3. The summed E-state index contributed by atoms with van der Waals surface area (Å²) in [5, 5.41) is 0. The zero-order valence-corrected chi connectivity index (χ0v) is 18.5. The van der Waals surface area contributed by atoms with Crippen LogP contribution in [0.4, 0.5) is 17.1 Å². The summed E-state index contributed by atoms with van der Waals surface area (Å²) in [6, 6.07) is 31.1. The van der Waals surface area contributed by atoms with Crippen LogP contribution >= 0.6 is 0 Å². The van der Waals surface area contributed by atoms with E-state index in [1.807, 2.05) is 0 Å². The lowest BCUT2D eigenvalue weighted by molar-refractivity contribution is 1.23. The predicted octanol–water partition coefficient (Wildman–Crippen LogP) is 8.37. The molecule has 0 amide bonds. The Hall–Kier alpha value is -3.32. The smallest absolute Gasteiger partial charge is 0.0466 e. The molecule has 4 rings (SSSR count). The molecule has 30 heavy (non-hydrogen) atoms. The summed E-state index contributed by atoms with van der Waals surface area (Å²) in [5.41, 5.74) is 12.4. The van der Waals surface area contributed by atoms with E-state index in [4.69, 9.17) is 0 Å². The standard InChI is InChI=1S/C29H29N/c1-20-6-8-25(9-7-20)26-10-12-27(13-11-26)30(28-16-21(2)14-22(3)17-28)29-18-23(4)15-24(5)19-29/h6-19H,1-5H3. The molecule has 0 aliphatic rings. The molecule has 0 spiro atoms. The first-order valence-corrected chi connectivity index (χ1v) is 10.5. The Kier molecular flexibility index (Phi) is 5.46. The minimum Gasteiger partial charge on any atom is -0.310 e. The highest BCUT2D eigenvalue weighted by atomic mass is 15.1. The molecule has 150 valence electrons. The molecule has 0 aromatic heterocycles. The summed E-state index contributed by atoms with van der Waals surface area (Å²) >= 11 is 0. The van der Waals surface area contributed by atoms with Crippen LogP contribution in [0.1, 0.15) is 27.8 Å². The minimum absolute atomic E-state index is 1.17. The van der Waals surface area contributed by atoms with Crippen LogP contribution in [0.25, 0.3) is 11.1 Å². The average molecular weight is 392 g/mol. The molecule has 0 N–H and O–H groups in total. The molecule has 0 bridgehead atoms. The van der Waals surface area contributed by atoms with Crippen LogP contribution in [0.3, 0.4) is 0 Å². The fraction of sp³-hybridized carbons (Fsp3) is 0.172. The Labute approximate surface area is 180 Å². The molecule has 1 heteroatoms. The van der Waals surface area contributed by atoms with Crippen LogP contribution in [-0.4, -0.2) is 0 Å². The second kappa shape index (κ2) is 8.20. The molecule has 0 fully saturated rings. The molecule has 0 aliphatic heterocycles. The topological polar surface area (TPSA) is 3.24 Å². The SMILES string of the molecule is Cc1ccc(-c2ccc(N(c3cc(C)cc(C)c3)c3cc(C)cc(C)c3)cc2)cc1. The van der Waals surface area contributed by atoms with Crippen molar-refractivity contribution in [3.63, 3.8) is 0 Å². The van der Waals surface area contributed by atoms with Gasteiger partial charge in [-0.05, 0) is 104 Å². The van der Waals surface area contributed by atoms with E-state index in [1.165, 1.54) is 56.0 Å². The number of hydrogen-bond acceptors (Lipinski definition) is 1. The molecule has 1 nitrogen and oxygen atoms in total. The van der Waals surface area contributed by atoms with Crippen molar-refractivity contribution in [2.45, 2.75) is 34.6 Å². The third-order valence-corrected chi connectivity index (χ3v) is 5.44. The predicted molar refractivity (Wildman–Crippen MR) is 130 cm³/mol. The maximum Gasteiger partial charge on any atom is 0.0466 e. The number of anilines is 3. The Morgan fingerprint density at radius 3 is 1.13 bits per heavy atom. The van der Waals surface area contributed by atoms with Gasteiger partial charge in [0, 0.05) is 17.1 Å². The molecule has 0 unspecified atom stereocenters. The van der Waals surface area contributed by atoms with Gasteiger partial charge in [-0.15, -0.1) is 0 Å². The summed E-state index contributed by atoms with van der Waals surface area (Å²) in [6.07, 6.45) is 0. The molecule has 0 atom stereocenters. The number of nitrogens with zero attached hydrogens (tertiary/aromatic N) is 1. The summed E-state index contributed by atoms with van der Waals surface area (Å²) < 4.78 is 0. The number of benzene rings is 4. The lowest BCUT2D eigenvalue weighted by Crippen LogP contribution is -2.11. The van der Waals surface area contributed by atoms with E-state index in [0.717, 1.165) is 0 Å². The Morgan fingerprint density at radius 1 is 0.367 bits per heavy atom. The molecule has 0 heterocycles. The summed E-state index contributed by atoms with van der Waals surface area (Å²) in [5.74, 6) is 0. The van der Waals surface area contributed by atoms with Crippen LogP contribution in [0.5, 0.6) is 0 Å². The van der Waals surface area contributed by atoms with Gasteiger partial charge < -0.3 is 4.90 Å². The van der Waals surface area contributed by atoms with Gasteiger partial charge in [-0.1, -0.05) is 54.1 Å². The van der Waals surface area contributed by atoms with Crippen molar-refractivity contribution in [1.29, 1.82) is 0 Å². The highest BCUT2D eigenvalue weighted by molar-refractivity contribution is 5.79. The average Bonchev–Trinajstić information content (AvgIpc) is 2.68. The number of aryl methyl sites for hydroxylation is 5. The van der Waals surface area contributed by atoms with Gasteiger partial charge in [-0.25, -0.2) is 0 Å². The molecule has 0 radical (unpaired) electrons. The third kappa shape index (κ3) is 4.31. The molecule has 4 aromatic carbocycles. The van der Waals surface area contributed by atoms with Crippen LogP contribution in [0.15, 0.2) is 84.9 Å². The molecule has 0 aliphatic carbocycles. The zero-order valence-electron chi connectivity index (χ0n) is 18.5. The first-order chi connectivity index (χ1) is 14.4. The summed E-state index contributed by atoms with van der Waals surface area (Å²) in [6.45, 7) is 10.8. The lowest BCUT2D eigenvalue weighted by atomic mass is 10.0. The van der Waals surface area contributed by atoms with Crippen LogP contribution in [0, 0.1) is 34.6 Å². The monoisotopic (exact) mass is 391 g/mol. The van der Waals surface area contributed by atoms with Crippen molar-refractivity contribution in [1.82, 2.24) is 0 Å². The Balaban J connectivity index is 1.82. The van der Waals surface area contributed by atoms with E-state index < -0.39 is 0 Å². The molecule has 0 saturated carbocycles. The van der Waals surface area contributed by atoms with Crippen LogP contribution in [0.2, 0.25) is 0 Å². The van der Waals surface area contributed by atoms with Crippen LogP contribution < -0.4 is 4.90 Å². The second-order valence-electron chi connectivity index (χ2n) is 8.44. The van der Waals surface area contributed by atoms with Crippen molar-refractivity contribution in [2.75, 3.05) is 4.90 Å². The highest BCUT2D eigenvalue weighted by Crippen LogP contribution is 2.37. The minimum atomic E-state index is 1.17. The molecule has 4 aromatic rings. The number of hydrogen-bond donors (Lipinski definition) is 0. The summed E-state index contributed by atoms with van der Waals surface area (Å²) in [4.78, 5) is 2.36. The van der Waals surface area contributed by atoms with Crippen molar-refractivity contribution in [3.8, 4) is 11.1 Å². The second-order valence-corrected chi connectivity index (χ2v) is 8.44. The van der Waals surface area contributed by atoms with E-state index in [9.17, 15) is 0 Å².